The van der Waals surface area contributed by atoms with Crippen molar-refractivity contribution >= 4 is 90.3 Å². The van der Waals surface area contributed by atoms with Gasteiger partial charge in [0.1, 0.15) is 5.38 Å². The van der Waals surface area contributed by atoms with Crippen LogP contribution in [0.5, 0.6) is 0 Å². The first-order valence-electron chi connectivity index (χ1n) is 14.3. The van der Waals surface area contributed by atoms with Gasteiger partial charge in [-0.05, 0) is 48.0 Å². The average Bonchev–Trinajstić information content (AvgIpc) is 3.80. The summed E-state index contributed by atoms with van der Waals surface area (Å²) in [6, 6.07) is 27.1. The maximum absolute atomic E-state index is 14.0. The largest absolute Gasteiger partial charge is 0.388 e. The van der Waals surface area contributed by atoms with Crippen molar-refractivity contribution in [1.29, 1.82) is 0 Å². The Morgan fingerprint density at radius 3 is 2.13 bits per heavy atom. The lowest BCUT2D eigenvalue weighted by Crippen LogP contribution is -2.56. The van der Waals surface area contributed by atoms with Gasteiger partial charge in [-0.1, -0.05) is 81.9 Å². The van der Waals surface area contributed by atoms with E-state index in [0.29, 0.717) is 31.9 Å². The number of nitrogens with one attached hydrogen (secondary N) is 2. The van der Waals surface area contributed by atoms with Crippen LogP contribution in [0.15, 0.2) is 100 Å². The van der Waals surface area contributed by atoms with Crippen LogP contribution in [0.4, 0.5) is 6.01 Å². The molecule has 2 atom stereocenters. The molecule has 1 aliphatic rings. The number of H-pyrrole nitrogens is 2. The number of fused-ring (bicyclic) bond motifs is 6. The summed E-state index contributed by atoms with van der Waals surface area (Å²) in [6.07, 6.45) is 0. The van der Waals surface area contributed by atoms with Crippen LogP contribution in [0.25, 0.3) is 60.9 Å². The molecule has 8 aromatic rings. The number of hydrogen-bond acceptors (Lipinski definition) is 5. The van der Waals surface area contributed by atoms with Gasteiger partial charge in [-0.15, -0.1) is 11.6 Å². The minimum atomic E-state index is -0.915. The number of halogens is 3. The van der Waals surface area contributed by atoms with Crippen molar-refractivity contribution in [2.75, 3.05) is 4.90 Å². The second kappa shape index (κ2) is 9.95. The number of aromatic amines is 2. The molecule has 1 fully saturated rings. The molecule has 2 unspecified atom stereocenters. The molecule has 9 nitrogen and oxygen atoms in total. The van der Waals surface area contributed by atoms with Gasteiger partial charge in [-0.2, -0.15) is 0 Å². The van der Waals surface area contributed by atoms with Crippen LogP contribution < -0.4 is 10.5 Å². The number of β-lactam (4-membered cyclic amide) rings is 1. The Bertz CT molecular complexity index is 2600. The first kappa shape index (κ1) is 27.2. The Balaban J connectivity index is 1.24. The number of benzene rings is 4. The van der Waals surface area contributed by atoms with Crippen molar-refractivity contribution in [3.63, 3.8) is 0 Å². The van der Waals surface area contributed by atoms with E-state index in [0.717, 1.165) is 38.6 Å². The van der Waals surface area contributed by atoms with E-state index in [4.69, 9.17) is 39.2 Å². The molecule has 2 N–H and O–H groups in total. The smallest absolute Gasteiger partial charge is 0.331 e. The van der Waals surface area contributed by atoms with Crippen LogP contribution in [-0.4, -0.2) is 36.0 Å². The molecule has 0 bridgehead atoms. The van der Waals surface area contributed by atoms with Crippen LogP contribution >= 0.6 is 34.8 Å². The van der Waals surface area contributed by atoms with Gasteiger partial charge in [0.05, 0.1) is 22.8 Å². The zero-order valence-electron chi connectivity index (χ0n) is 23.5. The van der Waals surface area contributed by atoms with Gasteiger partial charge in [0, 0.05) is 48.2 Å². The second-order valence-corrected chi connectivity index (χ2v) is 12.5. The molecule has 1 saturated heterocycles. The Hall–Kier alpha value is -5.09. The molecule has 5 heterocycles. The van der Waals surface area contributed by atoms with Gasteiger partial charge in [-0.3, -0.25) is 14.5 Å². The molecule has 0 saturated carbocycles. The summed E-state index contributed by atoms with van der Waals surface area (Å²) in [4.78, 5) is 35.7. The fourth-order valence-corrected chi connectivity index (χ4v) is 7.22. The number of hydrogen-bond donors (Lipinski definition) is 2. The summed E-state index contributed by atoms with van der Waals surface area (Å²) in [5, 5.41) is 11.4. The maximum atomic E-state index is 14.0. The van der Waals surface area contributed by atoms with E-state index in [-0.39, 0.29) is 17.6 Å². The standard InChI is InChI=1S/C34H19Cl3N6O3/c35-17-10-12-23-21(14-17)25(27(38-23)16-6-2-1-3-7-16)30-26(37)32(45)43(30)34-41-40-33(46-34)42-29-22-15-18(36)11-13-24(22)39-28(29)19-8-4-5-9-20(19)31(42)44/h1-15,26,30,38-39H. The molecule has 4 aromatic heterocycles. The Morgan fingerprint density at radius 1 is 0.717 bits per heavy atom. The quantitative estimate of drug-likeness (QED) is 0.146. The minimum absolute atomic E-state index is 0.0941. The highest BCUT2D eigenvalue weighted by Gasteiger charge is 2.52. The van der Waals surface area contributed by atoms with Crippen LogP contribution in [0.1, 0.15) is 11.6 Å². The number of carbonyl (C=O) groups excluding carboxylic acids is 1. The van der Waals surface area contributed by atoms with Crippen molar-refractivity contribution in [1.82, 2.24) is 24.7 Å². The van der Waals surface area contributed by atoms with Crippen LogP contribution in [0, 0.1) is 0 Å². The Morgan fingerprint density at radius 2 is 1.37 bits per heavy atom. The summed E-state index contributed by atoms with van der Waals surface area (Å²) in [5.41, 5.74) is 4.92. The zero-order valence-corrected chi connectivity index (χ0v) is 25.7. The lowest BCUT2D eigenvalue weighted by atomic mass is 9.89. The minimum Gasteiger partial charge on any atom is -0.388 e. The number of alkyl halides is 1. The highest BCUT2D eigenvalue weighted by Crippen LogP contribution is 2.48. The van der Waals surface area contributed by atoms with Gasteiger partial charge in [0.25, 0.3) is 11.5 Å². The number of amides is 1. The number of rotatable bonds is 4. The van der Waals surface area contributed by atoms with E-state index in [1.165, 1.54) is 9.47 Å². The van der Waals surface area contributed by atoms with Gasteiger partial charge >= 0.3 is 12.0 Å². The second-order valence-electron chi connectivity index (χ2n) is 11.1. The lowest BCUT2D eigenvalue weighted by molar-refractivity contribution is -0.124. The normalized spacial score (nSPS) is 16.7. The van der Waals surface area contributed by atoms with E-state index in [9.17, 15) is 9.59 Å². The Kier molecular flexibility index (Phi) is 5.89. The van der Waals surface area contributed by atoms with Crippen LogP contribution in [0.2, 0.25) is 10.0 Å². The summed E-state index contributed by atoms with van der Waals surface area (Å²) < 4.78 is 7.56. The van der Waals surface area contributed by atoms with Crippen LogP contribution in [-0.2, 0) is 4.79 Å². The van der Waals surface area contributed by atoms with Gasteiger partial charge in [0.15, 0.2) is 0 Å². The summed E-state index contributed by atoms with van der Waals surface area (Å²) in [7, 11) is 0. The van der Waals surface area contributed by atoms with E-state index >= 15 is 0 Å². The predicted octanol–water partition coefficient (Wildman–Crippen LogP) is 8.16. The summed E-state index contributed by atoms with van der Waals surface area (Å²) in [6.45, 7) is 0. The lowest BCUT2D eigenvalue weighted by Gasteiger charge is -2.41. The zero-order chi connectivity index (χ0) is 31.3. The van der Waals surface area contributed by atoms with Crippen molar-refractivity contribution in [3.05, 3.63) is 117 Å². The topological polar surface area (TPSA) is 113 Å². The molecule has 0 radical (unpaired) electrons. The molecule has 0 aliphatic carbocycles. The van der Waals surface area contributed by atoms with Crippen molar-refractivity contribution in [2.24, 2.45) is 0 Å². The van der Waals surface area contributed by atoms with E-state index < -0.39 is 17.3 Å². The fraction of sp³-hybridized carbons (Fsp3) is 0.0588. The third kappa shape index (κ3) is 3.83. The number of aromatic nitrogens is 5. The van der Waals surface area contributed by atoms with Crippen LogP contribution in [0.3, 0.4) is 0 Å². The highest BCUT2D eigenvalue weighted by molar-refractivity contribution is 6.37. The van der Waals surface area contributed by atoms with Crippen molar-refractivity contribution in [3.8, 4) is 17.3 Å². The molecule has 46 heavy (non-hydrogen) atoms. The molecule has 1 amide bonds. The number of pyridine rings is 1. The van der Waals surface area contributed by atoms with Crippen molar-refractivity contribution in [2.45, 2.75) is 11.4 Å². The molecular formula is C34H19Cl3N6O3. The molecule has 12 heteroatoms. The third-order valence-electron chi connectivity index (χ3n) is 8.58. The molecule has 9 rings (SSSR count). The molecule has 4 aromatic carbocycles. The summed E-state index contributed by atoms with van der Waals surface area (Å²) in [5.74, 6) is -0.410. The van der Waals surface area contributed by atoms with Crippen molar-refractivity contribution < 1.29 is 9.21 Å². The Labute approximate surface area is 273 Å². The first-order chi connectivity index (χ1) is 22.4. The van der Waals surface area contributed by atoms with E-state index in [2.05, 4.69) is 20.2 Å². The highest BCUT2D eigenvalue weighted by atomic mass is 35.5. The molecular weight excluding hydrogens is 647 g/mol. The number of carbonyl (C=O) groups is 1. The number of anilines is 1. The SMILES string of the molecule is O=C1C(Cl)C(c2c(-c3ccccc3)[nH]c3ccc(Cl)cc23)N1c1nnc(-n2c(=O)c3ccccc3c3[nH]c4ccc(Cl)cc4c32)o1. The first-order valence-corrected chi connectivity index (χ1v) is 15.5. The van der Waals surface area contributed by atoms with Gasteiger partial charge in [-0.25, -0.2) is 4.57 Å². The van der Waals surface area contributed by atoms with E-state index in [1.807, 2.05) is 60.7 Å². The molecule has 224 valence electrons. The average molecular weight is 666 g/mol. The molecule has 1 aliphatic heterocycles. The maximum Gasteiger partial charge on any atom is 0.331 e. The molecule has 0 spiro atoms. The number of nitrogens with zero attached hydrogens (tertiary/aromatic N) is 4. The monoisotopic (exact) mass is 664 g/mol. The summed E-state index contributed by atoms with van der Waals surface area (Å²) >= 11 is 19.6. The predicted molar refractivity (Wildman–Crippen MR) is 180 cm³/mol. The fourth-order valence-electron chi connectivity index (χ4n) is 6.53. The van der Waals surface area contributed by atoms with Gasteiger partial charge < -0.3 is 14.4 Å². The third-order valence-corrected chi connectivity index (χ3v) is 9.47. The van der Waals surface area contributed by atoms with Gasteiger partial charge in [0.2, 0.25) is 0 Å². The van der Waals surface area contributed by atoms with E-state index in [1.54, 1.807) is 30.3 Å².